The van der Waals surface area contributed by atoms with Crippen molar-refractivity contribution in [3.63, 3.8) is 0 Å². The average Bonchev–Trinajstić information content (AvgIpc) is 1.01. The molecule has 0 saturated carbocycles. The molecule has 0 bridgehead atoms. The third-order valence-electron chi connectivity index (χ3n) is 18.6. The molecule has 0 heterocycles. The zero-order chi connectivity index (χ0) is 73.0. The van der Waals surface area contributed by atoms with E-state index in [4.69, 9.17) is 37.0 Å². The molecule has 0 aromatic rings. The fraction of sp³-hybridized carbons (Fsp3) is 0.950. The molecule has 0 aromatic carbocycles. The number of phosphoric acid groups is 2. The summed E-state index contributed by atoms with van der Waals surface area (Å²) in [6.07, 6.45) is 58.7. The van der Waals surface area contributed by atoms with Crippen LogP contribution in [0, 0.1) is 17.8 Å². The maximum absolute atomic E-state index is 13.1. The lowest BCUT2D eigenvalue weighted by Crippen LogP contribution is -2.30. The largest absolute Gasteiger partial charge is 0.472 e. The minimum atomic E-state index is -4.96. The predicted molar refractivity (Wildman–Crippen MR) is 405 cm³/mol. The number of carbonyl (C=O) groups excluding carboxylic acids is 4. The summed E-state index contributed by atoms with van der Waals surface area (Å²) in [7, 11) is -9.92. The zero-order valence-corrected chi connectivity index (χ0v) is 66.8. The predicted octanol–water partition coefficient (Wildman–Crippen LogP) is 23.7. The van der Waals surface area contributed by atoms with Crippen LogP contribution in [0.4, 0.5) is 0 Å². The summed E-state index contributed by atoms with van der Waals surface area (Å²) < 4.78 is 68.6. The van der Waals surface area contributed by atoms with E-state index in [1.165, 1.54) is 218 Å². The number of phosphoric ester groups is 2. The van der Waals surface area contributed by atoms with Crippen molar-refractivity contribution in [1.29, 1.82) is 0 Å². The zero-order valence-electron chi connectivity index (χ0n) is 65.0. The molecule has 5 atom stereocenters. The van der Waals surface area contributed by atoms with Crippen molar-refractivity contribution in [2.75, 3.05) is 39.6 Å². The minimum absolute atomic E-state index is 0.103. The molecule has 0 aliphatic rings. The van der Waals surface area contributed by atoms with Gasteiger partial charge in [-0.1, -0.05) is 363 Å². The number of hydrogen-bond donors (Lipinski definition) is 3. The van der Waals surface area contributed by atoms with Crippen LogP contribution < -0.4 is 0 Å². The molecule has 0 radical (unpaired) electrons. The van der Waals surface area contributed by atoms with Gasteiger partial charge in [0.25, 0.3) is 0 Å². The topological polar surface area (TPSA) is 237 Å². The van der Waals surface area contributed by atoms with E-state index < -0.39 is 97.5 Å². The number of esters is 4. The van der Waals surface area contributed by atoms with Gasteiger partial charge in [-0.25, -0.2) is 9.13 Å². The second-order valence-corrected chi connectivity index (χ2v) is 33.1. The van der Waals surface area contributed by atoms with Crippen LogP contribution in [0.15, 0.2) is 0 Å². The molecule has 99 heavy (non-hydrogen) atoms. The molecule has 0 aromatic heterocycles. The highest BCUT2D eigenvalue weighted by atomic mass is 31.2. The highest BCUT2D eigenvalue weighted by molar-refractivity contribution is 7.47. The van der Waals surface area contributed by atoms with Gasteiger partial charge in [0.2, 0.25) is 0 Å². The first-order chi connectivity index (χ1) is 47.7. The Morgan fingerprint density at radius 2 is 0.465 bits per heavy atom. The Balaban J connectivity index is 5.20. The number of aliphatic hydroxyl groups is 1. The monoisotopic (exact) mass is 1450 g/mol. The first-order valence-electron chi connectivity index (χ1n) is 41.3. The van der Waals surface area contributed by atoms with Crippen LogP contribution in [0.1, 0.15) is 414 Å². The summed E-state index contributed by atoms with van der Waals surface area (Å²) in [5.41, 5.74) is 0. The molecular formula is C80H156O17P2. The van der Waals surface area contributed by atoms with E-state index in [1.54, 1.807) is 0 Å². The Morgan fingerprint density at radius 3 is 0.687 bits per heavy atom. The molecule has 3 N–H and O–H groups in total. The van der Waals surface area contributed by atoms with Gasteiger partial charge in [-0.2, -0.15) is 0 Å². The second kappa shape index (κ2) is 70.4. The number of aliphatic hydroxyl groups excluding tert-OH is 1. The molecule has 19 heteroatoms. The van der Waals surface area contributed by atoms with Gasteiger partial charge in [-0.05, 0) is 43.4 Å². The van der Waals surface area contributed by atoms with Gasteiger partial charge in [0.1, 0.15) is 19.3 Å². The minimum Gasteiger partial charge on any atom is -0.462 e. The molecule has 2 unspecified atom stereocenters. The van der Waals surface area contributed by atoms with Crippen LogP contribution in [0.5, 0.6) is 0 Å². The van der Waals surface area contributed by atoms with Gasteiger partial charge in [0, 0.05) is 25.7 Å². The van der Waals surface area contributed by atoms with Crippen molar-refractivity contribution in [2.45, 2.75) is 433 Å². The molecular weight excluding hydrogens is 1290 g/mol. The Morgan fingerprint density at radius 1 is 0.273 bits per heavy atom. The molecule has 0 amide bonds. The standard InChI is InChI=1S/C80H156O17P2/c1-8-9-10-11-12-13-14-15-16-17-18-19-20-25-28-31-34-41-49-56-63-79(84)96-75(67-90-77(82)61-54-47-40-33-30-27-24-22-21-23-26-29-32-37-44-51-58-71(2)3)69-94-98(86,87)92-65-74(81)66-93-99(88,89)95-70-76(97-80(85)64-57-50-43-36-39-46-53-60-73(6)7)68-91-78(83)62-55-48-42-35-38-45-52-59-72(4)5/h71-76,81H,8-70H2,1-7H3,(H,86,87)(H,88,89)/t74-,75-,76-/m1/s1. The third kappa shape index (κ3) is 74.1. The molecule has 588 valence electrons. The normalized spacial score (nSPS) is 14.0. The lowest BCUT2D eigenvalue weighted by molar-refractivity contribution is -0.161. The van der Waals surface area contributed by atoms with Crippen molar-refractivity contribution in [3.8, 4) is 0 Å². The average molecular weight is 1450 g/mol. The van der Waals surface area contributed by atoms with Crippen LogP contribution in [0.25, 0.3) is 0 Å². The highest BCUT2D eigenvalue weighted by Crippen LogP contribution is 2.45. The first-order valence-corrected chi connectivity index (χ1v) is 44.3. The summed E-state index contributed by atoms with van der Waals surface area (Å²) in [6, 6.07) is 0. The summed E-state index contributed by atoms with van der Waals surface area (Å²) in [5, 5.41) is 10.6. The number of hydrogen-bond acceptors (Lipinski definition) is 15. The van der Waals surface area contributed by atoms with E-state index in [9.17, 15) is 43.2 Å². The molecule has 0 aliphatic carbocycles. The Hall–Kier alpha value is -1.94. The number of unbranched alkanes of at least 4 members (excludes halogenated alkanes) is 46. The molecule has 0 saturated heterocycles. The summed E-state index contributed by atoms with van der Waals surface area (Å²) in [4.78, 5) is 72.9. The Bertz CT molecular complexity index is 1920. The molecule has 0 spiro atoms. The molecule has 17 nitrogen and oxygen atoms in total. The number of ether oxygens (including phenoxy) is 4. The maximum Gasteiger partial charge on any atom is 0.472 e. The quantitative estimate of drug-likeness (QED) is 0.0222. The SMILES string of the molecule is CCCCCCCCCCCCCCCCCCCCCCC(=O)O[C@H](COC(=O)CCCCCCCCCCCCCCCCCCC(C)C)COP(=O)(O)OC[C@@H](O)COP(=O)(O)OC[C@@H](COC(=O)CCCCCCCCCC(C)C)OC(=O)CCCCCCCCCC(C)C. The van der Waals surface area contributed by atoms with Crippen molar-refractivity contribution in [3.05, 3.63) is 0 Å². The lowest BCUT2D eigenvalue weighted by atomic mass is 10.0. The third-order valence-corrected chi connectivity index (χ3v) is 20.5. The maximum atomic E-state index is 13.1. The van der Waals surface area contributed by atoms with Gasteiger partial charge < -0.3 is 33.8 Å². The van der Waals surface area contributed by atoms with Crippen LogP contribution in [-0.4, -0.2) is 96.7 Å². The lowest BCUT2D eigenvalue weighted by Gasteiger charge is -2.21. The summed E-state index contributed by atoms with van der Waals surface area (Å²) in [5.74, 6) is 0.0960. The van der Waals surface area contributed by atoms with E-state index in [2.05, 4.69) is 48.5 Å². The van der Waals surface area contributed by atoms with E-state index in [0.717, 1.165) is 102 Å². The first kappa shape index (κ1) is 97.1. The van der Waals surface area contributed by atoms with E-state index in [0.29, 0.717) is 37.5 Å². The Labute approximate surface area is 607 Å². The molecule has 0 aliphatic heterocycles. The highest BCUT2D eigenvalue weighted by Gasteiger charge is 2.30. The second-order valence-electron chi connectivity index (χ2n) is 30.2. The van der Waals surface area contributed by atoms with Gasteiger partial charge in [-0.3, -0.25) is 37.3 Å². The molecule has 0 fully saturated rings. The fourth-order valence-corrected chi connectivity index (χ4v) is 13.9. The van der Waals surface area contributed by atoms with E-state index in [-0.39, 0.29) is 25.7 Å². The number of carbonyl (C=O) groups is 4. The van der Waals surface area contributed by atoms with Gasteiger partial charge in [0.05, 0.1) is 26.4 Å². The van der Waals surface area contributed by atoms with Crippen LogP contribution >= 0.6 is 15.6 Å². The smallest absolute Gasteiger partial charge is 0.462 e. The van der Waals surface area contributed by atoms with Crippen LogP contribution in [-0.2, 0) is 65.4 Å². The summed E-state index contributed by atoms with van der Waals surface area (Å²) >= 11 is 0. The van der Waals surface area contributed by atoms with Crippen LogP contribution in [0.2, 0.25) is 0 Å². The Kier molecular flexibility index (Phi) is 69.0. The van der Waals surface area contributed by atoms with Crippen molar-refractivity contribution in [1.82, 2.24) is 0 Å². The molecule has 0 rings (SSSR count). The van der Waals surface area contributed by atoms with Crippen LogP contribution in [0.3, 0.4) is 0 Å². The fourth-order valence-electron chi connectivity index (χ4n) is 12.3. The summed E-state index contributed by atoms with van der Waals surface area (Å²) in [6.45, 7) is 11.8. The van der Waals surface area contributed by atoms with Crippen molar-refractivity contribution < 1.29 is 80.2 Å². The van der Waals surface area contributed by atoms with E-state index >= 15 is 0 Å². The number of rotatable bonds is 78. The van der Waals surface area contributed by atoms with Gasteiger partial charge in [-0.15, -0.1) is 0 Å². The van der Waals surface area contributed by atoms with E-state index in [1.807, 2.05) is 0 Å². The van der Waals surface area contributed by atoms with Crippen molar-refractivity contribution >= 4 is 39.5 Å². The van der Waals surface area contributed by atoms with Crippen molar-refractivity contribution in [2.24, 2.45) is 17.8 Å². The van der Waals surface area contributed by atoms with Gasteiger partial charge >= 0.3 is 39.5 Å². The van der Waals surface area contributed by atoms with Gasteiger partial charge in [0.15, 0.2) is 12.2 Å².